The normalized spacial score (nSPS) is 15.8. The van der Waals surface area contributed by atoms with Crippen LogP contribution < -0.4 is 19.7 Å². The SMILES string of the molecule is C[C@@H]1CN(c2ccc(S(=O)(=O)Nc3ncns3)cc2)CCN1.O=S(=O)(Nc1ncns1)c1ccc(Br)cc1. The Morgan fingerprint density at radius 2 is 1.37 bits per heavy atom. The molecule has 202 valence electrons. The van der Waals surface area contributed by atoms with Crippen LogP contribution in [0.2, 0.25) is 0 Å². The molecule has 1 aliphatic rings. The molecule has 12 nitrogen and oxygen atoms in total. The van der Waals surface area contributed by atoms with Crippen molar-refractivity contribution in [2.75, 3.05) is 34.0 Å². The van der Waals surface area contributed by atoms with E-state index in [1.807, 2.05) is 12.1 Å². The van der Waals surface area contributed by atoms with E-state index in [0.29, 0.717) is 6.04 Å². The van der Waals surface area contributed by atoms with Gasteiger partial charge in [-0.3, -0.25) is 9.44 Å². The number of anilines is 3. The van der Waals surface area contributed by atoms with E-state index in [4.69, 9.17) is 0 Å². The molecule has 1 fully saturated rings. The maximum atomic E-state index is 12.2. The molecule has 4 aromatic rings. The lowest BCUT2D eigenvalue weighted by atomic mass is 10.2. The van der Waals surface area contributed by atoms with E-state index in [1.165, 1.54) is 24.8 Å². The highest BCUT2D eigenvalue weighted by molar-refractivity contribution is 9.10. The number of sulfonamides is 2. The number of nitrogens with zero attached hydrogens (tertiary/aromatic N) is 5. The van der Waals surface area contributed by atoms with Crippen molar-refractivity contribution in [3.8, 4) is 0 Å². The Bertz CT molecular complexity index is 1520. The topological polar surface area (TPSA) is 159 Å². The van der Waals surface area contributed by atoms with Gasteiger partial charge in [0.25, 0.3) is 20.0 Å². The standard InChI is InChI=1S/C13H17N5O2S2.C8H6BrN3O2S2/c1-10-8-18(7-6-14-10)11-2-4-12(5-3-11)22(19,20)17-13-15-9-16-21-13;9-6-1-3-7(4-2-6)16(13,14)12-8-10-5-11-15-8/h2-5,9-10,14H,6-8H2,1H3,(H,15,16,17);1-5H,(H,10,11,12)/t10-;/m1./s1. The van der Waals surface area contributed by atoms with E-state index in [0.717, 1.165) is 52.9 Å². The fourth-order valence-electron chi connectivity index (χ4n) is 3.40. The van der Waals surface area contributed by atoms with Crippen molar-refractivity contribution >= 4 is 75.0 Å². The maximum absolute atomic E-state index is 12.2. The molecule has 2 aromatic carbocycles. The minimum absolute atomic E-state index is 0.186. The molecule has 0 amide bonds. The van der Waals surface area contributed by atoms with E-state index >= 15 is 0 Å². The minimum atomic E-state index is -3.61. The second-order valence-electron chi connectivity index (χ2n) is 7.95. The first-order valence-electron chi connectivity index (χ1n) is 11.1. The van der Waals surface area contributed by atoms with Crippen LogP contribution >= 0.6 is 39.0 Å². The molecule has 1 saturated heterocycles. The Kier molecular flexibility index (Phi) is 9.27. The summed E-state index contributed by atoms with van der Waals surface area (Å²) in [7, 11) is -7.18. The number of halogens is 1. The molecule has 1 atom stereocenters. The lowest BCUT2D eigenvalue weighted by Gasteiger charge is -2.33. The predicted molar refractivity (Wildman–Crippen MR) is 152 cm³/mol. The summed E-state index contributed by atoms with van der Waals surface area (Å²) in [4.78, 5) is 10.2. The van der Waals surface area contributed by atoms with Gasteiger partial charge in [-0.15, -0.1) is 0 Å². The Labute approximate surface area is 237 Å². The zero-order chi connectivity index (χ0) is 27.2. The zero-order valence-electron chi connectivity index (χ0n) is 19.9. The summed E-state index contributed by atoms with van der Waals surface area (Å²) in [5.41, 5.74) is 1.03. The fourth-order valence-corrected chi connectivity index (χ4v) is 6.99. The highest BCUT2D eigenvalue weighted by atomic mass is 79.9. The molecule has 0 unspecified atom stereocenters. The van der Waals surface area contributed by atoms with Crippen molar-refractivity contribution in [2.45, 2.75) is 22.8 Å². The molecule has 17 heteroatoms. The average Bonchev–Trinajstić information content (AvgIpc) is 3.59. The Balaban J connectivity index is 0.000000186. The van der Waals surface area contributed by atoms with E-state index in [9.17, 15) is 16.8 Å². The lowest BCUT2D eigenvalue weighted by Crippen LogP contribution is -2.49. The van der Waals surface area contributed by atoms with Crippen molar-refractivity contribution in [1.29, 1.82) is 0 Å². The fraction of sp³-hybridized carbons (Fsp3) is 0.238. The van der Waals surface area contributed by atoms with Crippen LogP contribution in [-0.2, 0) is 20.0 Å². The number of benzene rings is 2. The van der Waals surface area contributed by atoms with Gasteiger partial charge in [0.1, 0.15) is 12.7 Å². The van der Waals surface area contributed by atoms with Gasteiger partial charge < -0.3 is 10.2 Å². The Hall–Kier alpha value is -2.70. The first-order valence-corrected chi connectivity index (χ1v) is 16.4. The third-order valence-electron chi connectivity index (χ3n) is 5.17. The molecule has 0 bridgehead atoms. The third-order valence-corrected chi connectivity index (χ3v) is 9.83. The minimum Gasteiger partial charge on any atom is -0.369 e. The van der Waals surface area contributed by atoms with E-state index in [2.05, 4.69) is 61.2 Å². The number of hydrogen-bond donors (Lipinski definition) is 3. The number of aromatic nitrogens is 4. The van der Waals surface area contributed by atoms with E-state index in [-0.39, 0.29) is 20.1 Å². The highest BCUT2D eigenvalue weighted by Crippen LogP contribution is 2.22. The van der Waals surface area contributed by atoms with Crippen LogP contribution in [0.25, 0.3) is 0 Å². The molecule has 3 N–H and O–H groups in total. The summed E-state index contributed by atoms with van der Waals surface area (Å²) in [5, 5.41) is 3.90. The molecule has 38 heavy (non-hydrogen) atoms. The van der Waals surface area contributed by atoms with Crippen LogP contribution in [-0.4, -0.2) is 61.2 Å². The summed E-state index contributed by atoms with van der Waals surface area (Å²) >= 11 is 5.23. The lowest BCUT2D eigenvalue weighted by molar-refractivity contribution is 0.485. The molecule has 2 aromatic heterocycles. The number of hydrogen-bond acceptors (Lipinski definition) is 12. The van der Waals surface area contributed by atoms with E-state index < -0.39 is 20.0 Å². The largest absolute Gasteiger partial charge is 0.369 e. The molecule has 3 heterocycles. The van der Waals surface area contributed by atoms with Crippen LogP contribution in [0.1, 0.15) is 6.92 Å². The van der Waals surface area contributed by atoms with Gasteiger partial charge in [-0.2, -0.15) is 8.75 Å². The van der Waals surface area contributed by atoms with E-state index in [1.54, 1.807) is 24.3 Å². The molecule has 0 spiro atoms. The first-order chi connectivity index (χ1) is 18.1. The Morgan fingerprint density at radius 1 is 0.868 bits per heavy atom. The molecule has 1 aliphatic heterocycles. The van der Waals surface area contributed by atoms with Crippen molar-refractivity contribution in [3.05, 3.63) is 65.7 Å². The van der Waals surface area contributed by atoms with Crippen molar-refractivity contribution in [2.24, 2.45) is 0 Å². The summed E-state index contributed by atoms with van der Waals surface area (Å²) in [6.45, 7) is 4.89. The van der Waals surface area contributed by atoms with Crippen LogP contribution in [0.5, 0.6) is 0 Å². The van der Waals surface area contributed by atoms with Crippen molar-refractivity contribution in [1.82, 2.24) is 24.0 Å². The molecule has 0 saturated carbocycles. The number of nitrogens with one attached hydrogen (secondary N) is 3. The first kappa shape index (κ1) is 28.3. The highest BCUT2D eigenvalue weighted by Gasteiger charge is 2.19. The number of piperazine rings is 1. The van der Waals surface area contributed by atoms with Crippen LogP contribution in [0.4, 0.5) is 16.0 Å². The van der Waals surface area contributed by atoms with Crippen molar-refractivity contribution in [3.63, 3.8) is 0 Å². The Morgan fingerprint density at radius 3 is 1.82 bits per heavy atom. The number of rotatable bonds is 7. The summed E-state index contributed by atoms with van der Waals surface area (Å²) in [6, 6.07) is 13.7. The summed E-state index contributed by atoms with van der Waals surface area (Å²) in [6.07, 6.45) is 2.61. The van der Waals surface area contributed by atoms with Crippen LogP contribution in [0.15, 0.2) is 75.4 Å². The second-order valence-corrected chi connectivity index (χ2v) is 13.8. The smallest absolute Gasteiger partial charge is 0.263 e. The van der Waals surface area contributed by atoms with Gasteiger partial charge in [-0.1, -0.05) is 15.9 Å². The zero-order valence-corrected chi connectivity index (χ0v) is 24.7. The van der Waals surface area contributed by atoms with Gasteiger partial charge in [0.15, 0.2) is 0 Å². The van der Waals surface area contributed by atoms with Crippen LogP contribution in [0, 0.1) is 0 Å². The monoisotopic (exact) mass is 658 g/mol. The van der Waals surface area contributed by atoms with Gasteiger partial charge in [0, 0.05) is 58.9 Å². The predicted octanol–water partition coefficient (Wildman–Crippen LogP) is 3.24. The molecular formula is C21H23BrN8O4S4. The second kappa shape index (κ2) is 12.4. The maximum Gasteiger partial charge on any atom is 0.263 e. The van der Waals surface area contributed by atoms with Gasteiger partial charge in [0.2, 0.25) is 10.3 Å². The van der Waals surface area contributed by atoms with Crippen LogP contribution in [0.3, 0.4) is 0 Å². The van der Waals surface area contributed by atoms with Gasteiger partial charge in [-0.05, 0) is 55.5 Å². The quantitative estimate of drug-likeness (QED) is 0.269. The van der Waals surface area contributed by atoms with Gasteiger partial charge in [0.05, 0.1) is 9.79 Å². The summed E-state index contributed by atoms with van der Waals surface area (Å²) in [5.74, 6) is 0. The molecule has 0 aliphatic carbocycles. The average molecular weight is 660 g/mol. The molecule has 5 rings (SSSR count). The van der Waals surface area contributed by atoms with Gasteiger partial charge in [-0.25, -0.2) is 26.8 Å². The van der Waals surface area contributed by atoms with Crippen molar-refractivity contribution < 1.29 is 16.8 Å². The van der Waals surface area contributed by atoms with Gasteiger partial charge >= 0.3 is 0 Å². The third kappa shape index (κ3) is 7.67. The summed E-state index contributed by atoms with van der Waals surface area (Å²) < 4.78 is 61.2. The molecule has 0 radical (unpaired) electrons. The molecular weight excluding hydrogens is 636 g/mol.